The molecule has 0 aromatic heterocycles. The van der Waals surface area contributed by atoms with Crippen molar-refractivity contribution < 1.29 is 18.7 Å². The summed E-state index contributed by atoms with van der Waals surface area (Å²) in [6.45, 7) is 3.15. The van der Waals surface area contributed by atoms with Crippen molar-refractivity contribution in [1.29, 1.82) is 0 Å². The molecule has 1 unspecified atom stereocenters. The van der Waals surface area contributed by atoms with E-state index in [4.69, 9.17) is 16.3 Å². The van der Waals surface area contributed by atoms with E-state index in [1.807, 2.05) is 0 Å². The zero-order chi connectivity index (χ0) is 15.4. The van der Waals surface area contributed by atoms with Gasteiger partial charge in [-0.15, -0.1) is 0 Å². The normalized spacial score (nSPS) is 18.4. The summed E-state index contributed by atoms with van der Waals surface area (Å²) in [5.41, 5.74) is 0.0536. The SMILES string of the molecule is CC1CCCN(C(=O)COC(=O)c2ccc(F)cc2Cl)C1. The van der Waals surface area contributed by atoms with Gasteiger partial charge in [-0.1, -0.05) is 18.5 Å². The van der Waals surface area contributed by atoms with Crippen LogP contribution in [0.15, 0.2) is 18.2 Å². The molecular formula is C15H17ClFNO3. The third kappa shape index (κ3) is 4.17. The van der Waals surface area contributed by atoms with Crippen LogP contribution in [-0.4, -0.2) is 36.5 Å². The molecule has 1 amide bonds. The number of esters is 1. The number of piperidine rings is 1. The number of carbonyl (C=O) groups is 2. The average molecular weight is 314 g/mol. The number of halogens is 2. The van der Waals surface area contributed by atoms with Gasteiger partial charge in [0.1, 0.15) is 5.82 Å². The fourth-order valence-corrected chi connectivity index (χ4v) is 2.61. The van der Waals surface area contributed by atoms with E-state index in [0.29, 0.717) is 19.0 Å². The third-order valence-electron chi connectivity index (χ3n) is 3.49. The van der Waals surface area contributed by atoms with Gasteiger partial charge >= 0.3 is 5.97 Å². The van der Waals surface area contributed by atoms with Crippen molar-refractivity contribution >= 4 is 23.5 Å². The molecule has 1 aromatic rings. The van der Waals surface area contributed by atoms with Gasteiger partial charge in [-0.25, -0.2) is 9.18 Å². The predicted molar refractivity (Wildman–Crippen MR) is 76.7 cm³/mol. The summed E-state index contributed by atoms with van der Waals surface area (Å²) in [6.07, 6.45) is 2.07. The van der Waals surface area contributed by atoms with E-state index >= 15 is 0 Å². The van der Waals surface area contributed by atoms with Gasteiger partial charge in [-0.2, -0.15) is 0 Å². The number of rotatable bonds is 3. The molecule has 114 valence electrons. The van der Waals surface area contributed by atoms with Crippen molar-refractivity contribution in [1.82, 2.24) is 4.90 Å². The van der Waals surface area contributed by atoms with Gasteiger partial charge < -0.3 is 9.64 Å². The molecule has 1 saturated heterocycles. The second-order valence-electron chi connectivity index (χ2n) is 5.29. The summed E-state index contributed by atoms with van der Waals surface area (Å²) >= 11 is 5.77. The van der Waals surface area contributed by atoms with Crippen molar-refractivity contribution in [3.8, 4) is 0 Å². The summed E-state index contributed by atoms with van der Waals surface area (Å²) in [6, 6.07) is 3.40. The molecule has 1 fully saturated rings. The van der Waals surface area contributed by atoms with Crippen LogP contribution in [0.3, 0.4) is 0 Å². The molecule has 21 heavy (non-hydrogen) atoms. The molecule has 0 saturated carbocycles. The second-order valence-corrected chi connectivity index (χ2v) is 5.69. The van der Waals surface area contributed by atoms with E-state index in [-0.39, 0.29) is 23.1 Å². The quantitative estimate of drug-likeness (QED) is 0.806. The Morgan fingerprint density at radius 1 is 1.48 bits per heavy atom. The molecule has 1 atom stereocenters. The molecule has 0 radical (unpaired) electrons. The highest BCUT2D eigenvalue weighted by atomic mass is 35.5. The predicted octanol–water partition coefficient (Wildman–Crippen LogP) is 2.89. The number of hydrogen-bond donors (Lipinski definition) is 0. The maximum Gasteiger partial charge on any atom is 0.340 e. The Bertz CT molecular complexity index is 550. The molecular weight excluding hydrogens is 297 g/mol. The lowest BCUT2D eigenvalue weighted by atomic mass is 10.0. The fraction of sp³-hybridized carbons (Fsp3) is 0.467. The minimum atomic E-state index is -0.724. The molecule has 0 N–H and O–H groups in total. The highest BCUT2D eigenvalue weighted by molar-refractivity contribution is 6.33. The Balaban J connectivity index is 1.90. The number of amides is 1. The maximum atomic E-state index is 12.9. The molecule has 6 heteroatoms. The van der Waals surface area contributed by atoms with Gasteiger partial charge in [-0.3, -0.25) is 4.79 Å². The maximum absolute atomic E-state index is 12.9. The molecule has 1 aromatic carbocycles. The van der Waals surface area contributed by atoms with Gasteiger partial charge in [-0.05, 0) is 37.0 Å². The van der Waals surface area contributed by atoms with E-state index in [1.165, 1.54) is 6.07 Å². The number of hydrogen-bond acceptors (Lipinski definition) is 3. The van der Waals surface area contributed by atoms with Crippen molar-refractivity contribution in [2.24, 2.45) is 5.92 Å². The standard InChI is InChI=1S/C15H17ClFNO3/c1-10-3-2-6-18(8-10)14(19)9-21-15(20)12-5-4-11(17)7-13(12)16/h4-5,7,10H,2-3,6,8-9H2,1H3. The van der Waals surface area contributed by atoms with Crippen LogP contribution in [0.25, 0.3) is 0 Å². The average Bonchev–Trinajstić information content (AvgIpc) is 2.44. The van der Waals surface area contributed by atoms with Crippen molar-refractivity contribution in [2.45, 2.75) is 19.8 Å². The van der Waals surface area contributed by atoms with Gasteiger partial charge in [0.05, 0.1) is 10.6 Å². The van der Waals surface area contributed by atoms with E-state index < -0.39 is 11.8 Å². The summed E-state index contributed by atoms with van der Waals surface area (Å²) in [7, 11) is 0. The van der Waals surface area contributed by atoms with Crippen molar-refractivity contribution in [3.05, 3.63) is 34.6 Å². The number of carbonyl (C=O) groups excluding carboxylic acids is 2. The highest BCUT2D eigenvalue weighted by Gasteiger charge is 2.22. The van der Waals surface area contributed by atoms with E-state index in [2.05, 4.69) is 6.92 Å². The molecule has 1 heterocycles. The number of nitrogens with zero attached hydrogens (tertiary/aromatic N) is 1. The molecule has 4 nitrogen and oxygen atoms in total. The third-order valence-corrected chi connectivity index (χ3v) is 3.80. The lowest BCUT2D eigenvalue weighted by molar-refractivity contribution is -0.136. The first kappa shape index (κ1) is 15.8. The van der Waals surface area contributed by atoms with Gasteiger partial charge in [0, 0.05) is 13.1 Å². The van der Waals surface area contributed by atoms with Crippen LogP contribution >= 0.6 is 11.6 Å². The second kappa shape index (κ2) is 6.89. The summed E-state index contributed by atoms with van der Waals surface area (Å²) in [4.78, 5) is 25.5. The first-order valence-corrected chi connectivity index (χ1v) is 7.25. The summed E-state index contributed by atoms with van der Waals surface area (Å²) in [5.74, 6) is -1.01. The van der Waals surface area contributed by atoms with Crippen LogP contribution in [0.2, 0.25) is 5.02 Å². The smallest absolute Gasteiger partial charge is 0.340 e. The lowest BCUT2D eigenvalue weighted by Crippen LogP contribution is -2.41. The van der Waals surface area contributed by atoms with Crippen molar-refractivity contribution in [2.75, 3.05) is 19.7 Å². The minimum Gasteiger partial charge on any atom is -0.452 e. The van der Waals surface area contributed by atoms with E-state index in [9.17, 15) is 14.0 Å². The zero-order valence-electron chi connectivity index (χ0n) is 11.8. The summed E-state index contributed by atoms with van der Waals surface area (Å²) < 4.78 is 17.9. The van der Waals surface area contributed by atoms with E-state index in [1.54, 1.807) is 4.90 Å². The summed E-state index contributed by atoms with van der Waals surface area (Å²) in [5, 5.41) is -0.0287. The highest BCUT2D eigenvalue weighted by Crippen LogP contribution is 2.19. The van der Waals surface area contributed by atoms with Gasteiger partial charge in [0.2, 0.25) is 0 Å². The minimum absolute atomic E-state index is 0.0287. The van der Waals surface area contributed by atoms with E-state index in [0.717, 1.165) is 25.0 Å². The number of ether oxygens (including phenoxy) is 1. The van der Waals surface area contributed by atoms with Crippen LogP contribution in [0, 0.1) is 11.7 Å². The molecule has 1 aliphatic heterocycles. The van der Waals surface area contributed by atoms with Crippen LogP contribution in [0.1, 0.15) is 30.1 Å². The molecule has 0 aliphatic carbocycles. The van der Waals surface area contributed by atoms with Gasteiger partial charge in [0.15, 0.2) is 6.61 Å². The Labute approximate surface area is 127 Å². The largest absolute Gasteiger partial charge is 0.452 e. The molecule has 1 aliphatic rings. The Morgan fingerprint density at radius 2 is 2.24 bits per heavy atom. The van der Waals surface area contributed by atoms with Crippen LogP contribution in [0.4, 0.5) is 4.39 Å². The van der Waals surface area contributed by atoms with Crippen molar-refractivity contribution in [3.63, 3.8) is 0 Å². The van der Waals surface area contributed by atoms with Crippen LogP contribution in [-0.2, 0) is 9.53 Å². The zero-order valence-corrected chi connectivity index (χ0v) is 12.5. The topological polar surface area (TPSA) is 46.6 Å². The Kier molecular flexibility index (Phi) is 5.17. The number of likely N-dealkylation sites (tertiary alicyclic amines) is 1. The lowest BCUT2D eigenvalue weighted by Gasteiger charge is -2.30. The number of benzene rings is 1. The molecule has 0 spiro atoms. The fourth-order valence-electron chi connectivity index (χ4n) is 2.37. The van der Waals surface area contributed by atoms with Crippen LogP contribution in [0.5, 0.6) is 0 Å². The Hall–Kier alpha value is -1.62. The molecule has 0 bridgehead atoms. The molecule has 2 rings (SSSR count). The van der Waals surface area contributed by atoms with Gasteiger partial charge in [0.25, 0.3) is 5.91 Å². The first-order valence-electron chi connectivity index (χ1n) is 6.87. The monoisotopic (exact) mass is 313 g/mol. The first-order chi connectivity index (χ1) is 9.97. The van der Waals surface area contributed by atoms with Crippen LogP contribution < -0.4 is 0 Å². The Morgan fingerprint density at radius 3 is 2.90 bits per heavy atom.